The van der Waals surface area contributed by atoms with Crippen LogP contribution in [0.4, 0.5) is 0 Å². The largest absolute Gasteiger partial charge is 0.394 e. The van der Waals surface area contributed by atoms with Crippen LogP contribution in [0.2, 0.25) is 0 Å². The molecular weight excluding hydrogens is 192 g/mol. The molecule has 0 aliphatic carbocycles. The Labute approximate surface area is 80.0 Å². The van der Waals surface area contributed by atoms with Crippen molar-refractivity contribution in [3.63, 3.8) is 0 Å². The minimum Gasteiger partial charge on any atom is -0.394 e. The quantitative estimate of drug-likeness (QED) is 0.726. The molecule has 5 heteroatoms. The fourth-order valence-electron chi connectivity index (χ4n) is 0.897. The van der Waals surface area contributed by atoms with Crippen molar-refractivity contribution in [1.29, 1.82) is 0 Å². The third kappa shape index (κ3) is 1.98. The van der Waals surface area contributed by atoms with Gasteiger partial charge in [-0.05, 0) is 13.2 Å². The maximum atomic E-state index is 8.84. The number of hydrogen-bond acceptors (Lipinski definition) is 5. The van der Waals surface area contributed by atoms with Gasteiger partial charge in [-0.2, -0.15) is 0 Å². The Kier molecular flexibility index (Phi) is 3.52. The van der Waals surface area contributed by atoms with Gasteiger partial charge in [-0.3, -0.25) is 0 Å². The minimum atomic E-state index is -0.275. The molecule has 0 aliphatic rings. The number of thioether (sulfide) groups is 1. The van der Waals surface area contributed by atoms with E-state index in [1.807, 2.05) is 13.2 Å². The molecule has 0 spiro atoms. The molecule has 12 heavy (non-hydrogen) atoms. The molecule has 0 aromatic carbocycles. The number of aliphatic hydroxyl groups is 1. The first-order chi connectivity index (χ1) is 5.69. The van der Waals surface area contributed by atoms with Gasteiger partial charge in [0.1, 0.15) is 4.34 Å². The third-order valence-electron chi connectivity index (χ3n) is 1.52. The Morgan fingerprint density at radius 3 is 2.83 bits per heavy atom. The number of aryl methyl sites for hydroxylation is 1. The summed E-state index contributed by atoms with van der Waals surface area (Å²) in [5.74, 6) is 0. The van der Waals surface area contributed by atoms with Crippen LogP contribution in [-0.2, 0) is 0 Å². The van der Waals surface area contributed by atoms with Crippen LogP contribution >= 0.6 is 23.1 Å². The highest BCUT2D eigenvalue weighted by Crippen LogP contribution is 2.28. The monoisotopic (exact) mass is 204 g/mol. The highest BCUT2D eigenvalue weighted by atomic mass is 32.2. The number of thiazole rings is 1. The van der Waals surface area contributed by atoms with Crippen molar-refractivity contribution in [3.8, 4) is 0 Å². The molecule has 1 rings (SSSR count). The lowest BCUT2D eigenvalue weighted by Crippen LogP contribution is -2.13. The first-order valence-electron chi connectivity index (χ1n) is 3.56. The van der Waals surface area contributed by atoms with Crippen LogP contribution in [0.5, 0.6) is 0 Å². The predicted molar refractivity (Wildman–Crippen MR) is 52.6 cm³/mol. The molecule has 0 saturated heterocycles. The van der Waals surface area contributed by atoms with Gasteiger partial charge in [0.15, 0.2) is 0 Å². The van der Waals surface area contributed by atoms with Crippen molar-refractivity contribution < 1.29 is 5.11 Å². The Morgan fingerprint density at radius 2 is 2.42 bits per heavy atom. The number of aromatic nitrogens is 1. The maximum absolute atomic E-state index is 8.84. The molecule has 0 saturated carbocycles. The molecule has 3 nitrogen and oxygen atoms in total. The molecule has 0 radical (unpaired) electrons. The van der Waals surface area contributed by atoms with Crippen molar-refractivity contribution in [2.45, 2.75) is 17.3 Å². The lowest BCUT2D eigenvalue weighted by molar-refractivity contribution is 0.269. The van der Waals surface area contributed by atoms with Gasteiger partial charge in [-0.25, -0.2) is 4.98 Å². The number of rotatable bonds is 3. The standard InChI is InChI=1S/C7H12N2OS2/c1-4-6(5(8)3-10)12-7(9-4)11-2/h5,10H,3,8H2,1-2H3. The summed E-state index contributed by atoms with van der Waals surface area (Å²) in [6.45, 7) is 1.90. The summed E-state index contributed by atoms with van der Waals surface area (Å²) in [5, 5.41) is 8.84. The zero-order valence-electron chi connectivity index (χ0n) is 7.07. The van der Waals surface area contributed by atoms with Crippen LogP contribution in [0.15, 0.2) is 4.34 Å². The van der Waals surface area contributed by atoms with E-state index in [2.05, 4.69) is 4.98 Å². The first-order valence-corrected chi connectivity index (χ1v) is 5.61. The summed E-state index contributed by atoms with van der Waals surface area (Å²) in [6, 6.07) is -0.275. The van der Waals surface area contributed by atoms with Gasteiger partial charge in [0.2, 0.25) is 0 Å². The number of nitrogens with two attached hydrogens (primary N) is 1. The Hall–Kier alpha value is -0.100. The SMILES string of the molecule is CSc1nc(C)c(C(N)CO)s1. The molecule has 68 valence electrons. The first kappa shape index (κ1) is 9.98. The van der Waals surface area contributed by atoms with Crippen LogP contribution in [0.1, 0.15) is 16.6 Å². The molecular formula is C7H12N2OS2. The fraction of sp³-hybridized carbons (Fsp3) is 0.571. The highest BCUT2D eigenvalue weighted by Gasteiger charge is 2.12. The van der Waals surface area contributed by atoms with E-state index >= 15 is 0 Å². The summed E-state index contributed by atoms with van der Waals surface area (Å²) in [6.07, 6.45) is 1.98. The molecule has 1 unspecified atom stereocenters. The molecule has 0 bridgehead atoms. The smallest absolute Gasteiger partial charge is 0.150 e. The third-order valence-corrected chi connectivity index (χ3v) is 3.80. The summed E-state index contributed by atoms with van der Waals surface area (Å²) in [5.41, 5.74) is 6.61. The van der Waals surface area contributed by atoms with Gasteiger partial charge in [-0.15, -0.1) is 11.3 Å². The van der Waals surface area contributed by atoms with Crippen molar-refractivity contribution in [3.05, 3.63) is 10.6 Å². The molecule has 3 N–H and O–H groups in total. The fourth-order valence-corrected chi connectivity index (χ4v) is 2.52. The normalized spacial score (nSPS) is 13.3. The average molecular weight is 204 g/mol. The Balaban J connectivity index is 2.91. The van der Waals surface area contributed by atoms with E-state index < -0.39 is 0 Å². The van der Waals surface area contributed by atoms with Crippen LogP contribution in [0, 0.1) is 6.92 Å². The van der Waals surface area contributed by atoms with Crippen molar-refractivity contribution in [2.24, 2.45) is 5.73 Å². The van der Waals surface area contributed by atoms with E-state index in [4.69, 9.17) is 10.8 Å². The summed E-state index contributed by atoms with van der Waals surface area (Å²) < 4.78 is 1.01. The van der Waals surface area contributed by atoms with Gasteiger partial charge < -0.3 is 10.8 Å². The van der Waals surface area contributed by atoms with E-state index in [-0.39, 0.29) is 12.6 Å². The summed E-state index contributed by atoms with van der Waals surface area (Å²) in [4.78, 5) is 5.28. The molecule has 1 aromatic heterocycles. The van der Waals surface area contributed by atoms with Crippen molar-refractivity contribution >= 4 is 23.1 Å². The number of aliphatic hydroxyl groups excluding tert-OH is 1. The molecule has 0 aliphatic heterocycles. The molecule has 1 heterocycles. The zero-order valence-corrected chi connectivity index (χ0v) is 8.71. The Morgan fingerprint density at radius 1 is 1.75 bits per heavy atom. The second kappa shape index (κ2) is 4.23. The van der Waals surface area contributed by atoms with Crippen LogP contribution in [-0.4, -0.2) is 23.0 Å². The van der Waals surface area contributed by atoms with Crippen molar-refractivity contribution in [1.82, 2.24) is 4.98 Å². The van der Waals surface area contributed by atoms with Gasteiger partial charge >= 0.3 is 0 Å². The second-order valence-electron chi connectivity index (χ2n) is 2.42. The minimum absolute atomic E-state index is 0.0170. The molecule has 0 amide bonds. The summed E-state index contributed by atoms with van der Waals surface area (Å²) >= 11 is 3.16. The highest BCUT2D eigenvalue weighted by molar-refractivity contribution is 8.00. The maximum Gasteiger partial charge on any atom is 0.150 e. The zero-order chi connectivity index (χ0) is 9.14. The van der Waals surface area contributed by atoms with Crippen LogP contribution < -0.4 is 5.73 Å². The summed E-state index contributed by atoms with van der Waals surface area (Å²) in [7, 11) is 0. The van der Waals surface area contributed by atoms with Gasteiger partial charge in [0.05, 0.1) is 18.3 Å². The lowest BCUT2D eigenvalue weighted by atomic mass is 10.2. The van der Waals surface area contributed by atoms with E-state index in [1.54, 1.807) is 23.1 Å². The second-order valence-corrected chi connectivity index (χ2v) is 4.51. The van der Waals surface area contributed by atoms with Gasteiger partial charge in [-0.1, -0.05) is 11.8 Å². The Bertz CT molecular complexity index is 262. The van der Waals surface area contributed by atoms with E-state index in [0.29, 0.717) is 0 Å². The van der Waals surface area contributed by atoms with Gasteiger partial charge in [0.25, 0.3) is 0 Å². The predicted octanol–water partition coefficient (Wildman–Crippen LogP) is 1.17. The average Bonchev–Trinajstić information content (AvgIpc) is 2.45. The van der Waals surface area contributed by atoms with Crippen LogP contribution in [0.3, 0.4) is 0 Å². The molecule has 0 fully saturated rings. The van der Waals surface area contributed by atoms with Crippen molar-refractivity contribution in [2.75, 3.05) is 12.9 Å². The molecule has 1 aromatic rings. The lowest BCUT2D eigenvalue weighted by Gasteiger charge is -2.04. The number of hydrogen-bond donors (Lipinski definition) is 2. The number of nitrogens with zero attached hydrogens (tertiary/aromatic N) is 1. The van der Waals surface area contributed by atoms with E-state index in [1.165, 1.54) is 0 Å². The van der Waals surface area contributed by atoms with E-state index in [9.17, 15) is 0 Å². The topological polar surface area (TPSA) is 59.1 Å². The van der Waals surface area contributed by atoms with Gasteiger partial charge in [0, 0.05) is 4.88 Å². The van der Waals surface area contributed by atoms with Crippen LogP contribution in [0.25, 0.3) is 0 Å². The molecule has 1 atom stereocenters. The van der Waals surface area contributed by atoms with E-state index in [0.717, 1.165) is 14.9 Å².